The van der Waals surface area contributed by atoms with Crippen LogP contribution in [0.2, 0.25) is 4.34 Å². The topological polar surface area (TPSA) is 61.4 Å². The van der Waals surface area contributed by atoms with Gasteiger partial charge >= 0.3 is 0 Å². The summed E-state index contributed by atoms with van der Waals surface area (Å²) in [5.41, 5.74) is 0. The average Bonchev–Trinajstić information content (AvgIpc) is 3.29. The van der Waals surface area contributed by atoms with E-state index in [1.165, 1.54) is 11.3 Å². The number of fused-ring (bicyclic) bond motifs is 1. The Labute approximate surface area is 164 Å². The highest BCUT2D eigenvalue weighted by Crippen LogP contribution is 2.27. The highest BCUT2D eigenvalue weighted by atomic mass is 35.5. The summed E-state index contributed by atoms with van der Waals surface area (Å²) in [7, 11) is 0. The van der Waals surface area contributed by atoms with E-state index in [1.54, 1.807) is 17.7 Å². The first-order valence-electron chi connectivity index (χ1n) is 8.35. The second-order valence-corrected chi connectivity index (χ2v) is 8.78. The summed E-state index contributed by atoms with van der Waals surface area (Å²) in [6.07, 6.45) is 1.63. The summed E-state index contributed by atoms with van der Waals surface area (Å²) >= 11 is 9.03. The summed E-state index contributed by atoms with van der Waals surface area (Å²) in [6.45, 7) is 4.35. The minimum Gasteiger partial charge on any atom is -0.353 e. The molecule has 0 bridgehead atoms. The van der Waals surface area contributed by atoms with E-state index in [-0.39, 0.29) is 5.91 Å². The molecule has 3 aromatic rings. The van der Waals surface area contributed by atoms with Crippen LogP contribution in [0.4, 0.5) is 5.82 Å². The number of thiophene rings is 2. The van der Waals surface area contributed by atoms with Crippen LogP contribution in [0.25, 0.3) is 10.2 Å². The van der Waals surface area contributed by atoms with Gasteiger partial charge in [-0.2, -0.15) is 0 Å². The Morgan fingerprint density at radius 3 is 2.81 bits per heavy atom. The number of hydrogen-bond acceptors (Lipinski definition) is 7. The van der Waals surface area contributed by atoms with Gasteiger partial charge in [0.1, 0.15) is 17.0 Å². The second kappa shape index (κ2) is 7.87. The first kappa shape index (κ1) is 17.7. The van der Waals surface area contributed by atoms with E-state index in [1.807, 2.05) is 17.5 Å². The Kier molecular flexibility index (Phi) is 5.35. The fourth-order valence-corrected chi connectivity index (χ4v) is 4.79. The maximum absolute atomic E-state index is 12.2. The molecule has 136 valence electrons. The van der Waals surface area contributed by atoms with Gasteiger partial charge in [0.25, 0.3) is 0 Å². The maximum atomic E-state index is 12.2. The number of nitrogens with one attached hydrogen (secondary N) is 1. The Bertz CT molecular complexity index is 903. The van der Waals surface area contributed by atoms with E-state index in [4.69, 9.17) is 11.6 Å². The lowest BCUT2D eigenvalue weighted by molar-refractivity contribution is -0.122. The molecule has 3 aromatic heterocycles. The second-order valence-electron chi connectivity index (χ2n) is 6.08. The fourth-order valence-electron chi connectivity index (χ4n) is 3.04. The smallest absolute Gasteiger partial charge is 0.234 e. The third-order valence-electron chi connectivity index (χ3n) is 4.37. The first-order valence-corrected chi connectivity index (χ1v) is 10.4. The van der Waals surface area contributed by atoms with E-state index in [2.05, 4.69) is 31.2 Å². The quantitative estimate of drug-likeness (QED) is 0.704. The SMILES string of the molecule is O=C(CN1CCN(c2ncnc3sccc23)CC1)NCc1ccc(Cl)s1. The third kappa shape index (κ3) is 3.98. The first-order chi connectivity index (χ1) is 12.7. The van der Waals surface area contributed by atoms with Gasteiger partial charge < -0.3 is 10.2 Å². The fraction of sp³-hybridized carbons (Fsp3) is 0.353. The lowest BCUT2D eigenvalue weighted by atomic mass is 10.2. The molecular formula is C17H18ClN5OS2. The monoisotopic (exact) mass is 407 g/mol. The van der Waals surface area contributed by atoms with E-state index in [9.17, 15) is 4.79 Å². The third-order valence-corrected chi connectivity index (χ3v) is 6.42. The van der Waals surface area contributed by atoms with Gasteiger partial charge in [0.05, 0.1) is 22.8 Å². The van der Waals surface area contributed by atoms with Crippen LogP contribution in [-0.4, -0.2) is 53.5 Å². The van der Waals surface area contributed by atoms with Crippen molar-refractivity contribution in [2.45, 2.75) is 6.54 Å². The van der Waals surface area contributed by atoms with Gasteiger partial charge in [-0.05, 0) is 23.6 Å². The predicted molar refractivity (Wildman–Crippen MR) is 107 cm³/mol. The number of piperazine rings is 1. The van der Waals surface area contributed by atoms with Crippen LogP contribution in [0.5, 0.6) is 0 Å². The van der Waals surface area contributed by atoms with Crippen LogP contribution in [0, 0.1) is 0 Å². The molecule has 0 atom stereocenters. The Morgan fingerprint density at radius 2 is 2.04 bits per heavy atom. The number of rotatable bonds is 5. The minimum absolute atomic E-state index is 0.0465. The zero-order valence-corrected chi connectivity index (χ0v) is 16.4. The molecule has 1 N–H and O–H groups in total. The van der Waals surface area contributed by atoms with Crippen LogP contribution in [-0.2, 0) is 11.3 Å². The largest absolute Gasteiger partial charge is 0.353 e. The molecule has 9 heteroatoms. The molecule has 26 heavy (non-hydrogen) atoms. The molecule has 1 aliphatic rings. The van der Waals surface area contributed by atoms with Crippen molar-refractivity contribution >= 4 is 56.2 Å². The van der Waals surface area contributed by atoms with Crippen LogP contribution >= 0.6 is 34.3 Å². The molecule has 0 saturated carbocycles. The van der Waals surface area contributed by atoms with E-state index >= 15 is 0 Å². The predicted octanol–water partition coefficient (Wildman–Crippen LogP) is 2.84. The lowest BCUT2D eigenvalue weighted by Crippen LogP contribution is -2.49. The number of aromatic nitrogens is 2. The molecule has 6 nitrogen and oxygen atoms in total. The molecule has 0 radical (unpaired) electrons. The van der Waals surface area contributed by atoms with Gasteiger partial charge in [0, 0.05) is 31.1 Å². The molecular weight excluding hydrogens is 390 g/mol. The molecule has 0 spiro atoms. The van der Waals surface area contributed by atoms with Crippen LogP contribution in [0.15, 0.2) is 29.9 Å². The van der Waals surface area contributed by atoms with Crippen molar-refractivity contribution in [3.8, 4) is 0 Å². The summed E-state index contributed by atoms with van der Waals surface area (Å²) in [5, 5.41) is 6.12. The van der Waals surface area contributed by atoms with Crippen LogP contribution < -0.4 is 10.2 Å². The average molecular weight is 408 g/mol. The molecule has 4 heterocycles. The van der Waals surface area contributed by atoms with Gasteiger partial charge in [-0.25, -0.2) is 9.97 Å². The molecule has 1 aliphatic heterocycles. The molecule has 1 saturated heterocycles. The number of anilines is 1. The summed E-state index contributed by atoms with van der Waals surface area (Å²) in [6, 6.07) is 5.87. The van der Waals surface area contributed by atoms with E-state index < -0.39 is 0 Å². The normalized spacial score (nSPS) is 15.5. The van der Waals surface area contributed by atoms with Gasteiger partial charge in [-0.1, -0.05) is 11.6 Å². The number of carbonyl (C=O) groups is 1. The van der Waals surface area contributed by atoms with Gasteiger partial charge in [-0.3, -0.25) is 9.69 Å². The summed E-state index contributed by atoms with van der Waals surface area (Å²) in [5.74, 6) is 1.04. The zero-order chi connectivity index (χ0) is 17.9. The van der Waals surface area contributed by atoms with Crippen LogP contribution in [0.1, 0.15) is 4.88 Å². The molecule has 0 unspecified atom stereocenters. The Hall–Kier alpha value is -1.74. The van der Waals surface area contributed by atoms with Crippen LogP contribution in [0.3, 0.4) is 0 Å². The Morgan fingerprint density at radius 1 is 1.19 bits per heavy atom. The van der Waals surface area contributed by atoms with E-state index in [0.717, 1.165) is 51.4 Å². The van der Waals surface area contributed by atoms with Crippen molar-refractivity contribution in [2.24, 2.45) is 0 Å². The van der Waals surface area contributed by atoms with Gasteiger partial charge in [0.15, 0.2) is 0 Å². The molecule has 4 rings (SSSR count). The van der Waals surface area contributed by atoms with E-state index in [0.29, 0.717) is 13.1 Å². The summed E-state index contributed by atoms with van der Waals surface area (Å²) < 4.78 is 0.745. The molecule has 0 aromatic carbocycles. The maximum Gasteiger partial charge on any atom is 0.234 e. The number of hydrogen-bond donors (Lipinski definition) is 1. The van der Waals surface area contributed by atoms with Crippen molar-refractivity contribution in [1.82, 2.24) is 20.2 Å². The number of halogens is 1. The number of amides is 1. The van der Waals surface area contributed by atoms with Crippen molar-refractivity contribution in [1.29, 1.82) is 0 Å². The summed E-state index contributed by atoms with van der Waals surface area (Å²) in [4.78, 5) is 27.5. The zero-order valence-electron chi connectivity index (χ0n) is 14.0. The number of carbonyl (C=O) groups excluding carboxylic acids is 1. The van der Waals surface area contributed by atoms with Crippen molar-refractivity contribution in [2.75, 3.05) is 37.6 Å². The molecule has 0 aliphatic carbocycles. The molecule has 1 fully saturated rings. The highest BCUT2D eigenvalue weighted by Gasteiger charge is 2.21. The molecule has 1 amide bonds. The van der Waals surface area contributed by atoms with Gasteiger partial charge in [-0.15, -0.1) is 22.7 Å². The van der Waals surface area contributed by atoms with Gasteiger partial charge in [0.2, 0.25) is 5.91 Å². The highest BCUT2D eigenvalue weighted by molar-refractivity contribution is 7.16. The van der Waals surface area contributed by atoms with Crippen molar-refractivity contribution < 1.29 is 4.79 Å². The lowest BCUT2D eigenvalue weighted by Gasteiger charge is -2.35. The minimum atomic E-state index is 0.0465. The number of nitrogens with zero attached hydrogens (tertiary/aromatic N) is 4. The van der Waals surface area contributed by atoms with Crippen molar-refractivity contribution in [3.63, 3.8) is 0 Å². The Balaban J connectivity index is 1.28. The van der Waals surface area contributed by atoms with Crippen molar-refractivity contribution in [3.05, 3.63) is 39.1 Å². The standard InChI is InChI=1S/C17H18ClN5OS2/c18-14-2-1-12(26-14)9-19-15(24)10-22-4-6-23(7-5-22)16-13-3-8-25-17(13)21-11-20-16/h1-3,8,11H,4-7,9-10H2,(H,19,24).